The summed E-state index contributed by atoms with van der Waals surface area (Å²) in [6.07, 6.45) is 7.00. The first-order chi connectivity index (χ1) is 13.0. The maximum Gasteiger partial charge on any atom is 0.303 e. The van der Waals surface area contributed by atoms with Gasteiger partial charge in [0.2, 0.25) is 5.88 Å². The molecule has 2 aromatic rings. The SMILES string of the molecule is Cc1cnc(OC2CCCC2)c(-c2ccc(SCCCC(=O)O)c(F)c2)c1. The Hall–Kier alpha value is -2.08. The quantitative estimate of drug-likeness (QED) is 0.479. The number of rotatable bonds is 8. The number of carboxylic acid groups (broad SMARTS) is 1. The normalized spacial score (nSPS) is 14.4. The maximum absolute atomic E-state index is 14.6. The van der Waals surface area contributed by atoms with Gasteiger partial charge < -0.3 is 9.84 Å². The molecular formula is C21H24FNO3S. The van der Waals surface area contributed by atoms with E-state index >= 15 is 0 Å². The summed E-state index contributed by atoms with van der Waals surface area (Å²) in [6, 6.07) is 7.11. The van der Waals surface area contributed by atoms with E-state index in [-0.39, 0.29) is 18.3 Å². The van der Waals surface area contributed by atoms with Crippen molar-refractivity contribution in [2.24, 2.45) is 0 Å². The minimum absolute atomic E-state index is 0.101. The summed E-state index contributed by atoms with van der Waals surface area (Å²) < 4.78 is 20.7. The van der Waals surface area contributed by atoms with Crippen LogP contribution in [0.1, 0.15) is 44.1 Å². The van der Waals surface area contributed by atoms with E-state index in [1.54, 1.807) is 12.3 Å². The Labute approximate surface area is 163 Å². The highest BCUT2D eigenvalue weighted by Gasteiger charge is 2.20. The van der Waals surface area contributed by atoms with Crippen LogP contribution in [0, 0.1) is 12.7 Å². The van der Waals surface area contributed by atoms with Gasteiger partial charge in [0.25, 0.3) is 0 Å². The molecule has 1 fully saturated rings. The van der Waals surface area contributed by atoms with Crippen LogP contribution in [0.5, 0.6) is 5.88 Å². The standard InChI is InChI=1S/C21H24FNO3S/c1-14-11-17(21(23-13-14)26-16-5-2-3-6-16)15-8-9-19(18(22)12-15)27-10-4-7-20(24)25/h8-9,11-13,16H,2-7,10H2,1H3,(H,24,25). The number of aliphatic carboxylic acids is 1. The monoisotopic (exact) mass is 389 g/mol. The summed E-state index contributed by atoms with van der Waals surface area (Å²) in [4.78, 5) is 15.5. The first-order valence-electron chi connectivity index (χ1n) is 9.31. The van der Waals surface area contributed by atoms with Crippen LogP contribution in [-0.4, -0.2) is 27.9 Å². The van der Waals surface area contributed by atoms with Crippen molar-refractivity contribution in [3.8, 4) is 17.0 Å². The predicted molar refractivity (Wildman–Crippen MR) is 105 cm³/mol. The lowest BCUT2D eigenvalue weighted by molar-refractivity contribution is -0.137. The molecule has 0 unspecified atom stereocenters. The molecular weight excluding hydrogens is 365 g/mol. The molecule has 1 aliphatic rings. The van der Waals surface area contributed by atoms with Crippen molar-refractivity contribution in [2.45, 2.75) is 56.4 Å². The van der Waals surface area contributed by atoms with Gasteiger partial charge in [-0.25, -0.2) is 9.37 Å². The average molecular weight is 389 g/mol. The molecule has 0 spiro atoms. The summed E-state index contributed by atoms with van der Waals surface area (Å²) in [5.74, 6) is 0.00741. The fourth-order valence-corrected chi connectivity index (χ4v) is 4.08. The largest absolute Gasteiger partial charge is 0.481 e. The van der Waals surface area contributed by atoms with Gasteiger partial charge in [-0.1, -0.05) is 6.07 Å². The van der Waals surface area contributed by atoms with Crippen LogP contribution in [-0.2, 0) is 4.79 Å². The topological polar surface area (TPSA) is 59.4 Å². The van der Waals surface area contributed by atoms with E-state index in [0.29, 0.717) is 22.9 Å². The van der Waals surface area contributed by atoms with Gasteiger partial charge in [-0.2, -0.15) is 0 Å². The number of aromatic nitrogens is 1. The number of pyridine rings is 1. The zero-order valence-corrected chi connectivity index (χ0v) is 16.2. The van der Waals surface area contributed by atoms with Crippen LogP contribution in [0.4, 0.5) is 4.39 Å². The van der Waals surface area contributed by atoms with Crippen molar-refractivity contribution in [1.29, 1.82) is 0 Å². The number of carboxylic acids is 1. The summed E-state index contributed by atoms with van der Waals surface area (Å²) in [7, 11) is 0. The van der Waals surface area contributed by atoms with Crippen LogP contribution < -0.4 is 4.74 Å². The number of benzene rings is 1. The van der Waals surface area contributed by atoms with Gasteiger partial charge in [0.15, 0.2) is 0 Å². The Morgan fingerprint density at radius 1 is 1.33 bits per heavy atom. The van der Waals surface area contributed by atoms with E-state index in [1.165, 1.54) is 30.7 Å². The highest BCUT2D eigenvalue weighted by Crippen LogP contribution is 2.34. The molecule has 1 aliphatic carbocycles. The molecule has 0 saturated heterocycles. The fraction of sp³-hybridized carbons (Fsp3) is 0.429. The molecule has 1 heterocycles. The summed E-state index contributed by atoms with van der Waals surface area (Å²) >= 11 is 1.34. The van der Waals surface area contributed by atoms with E-state index < -0.39 is 5.97 Å². The Bertz CT molecular complexity index is 806. The van der Waals surface area contributed by atoms with Gasteiger partial charge in [0.1, 0.15) is 11.9 Å². The summed E-state index contributed by atoms with van der Waals surface area (Å²) in [6.45, 7) is 1.96. The van der Waals surface area contributed by atoms with Crippen molar-refractivity contribution in [1.82, 2.24) is 4.98 Å². The molecule has 27 heavy (non-hydrogen) atoms. The van der Waals surface area contributed by atoms with Crippen LogP contribution in [0.3, 0.4) is 0 Å². The number of hydrogen-bond acceptors (Lipinski definition) is 4. The number of aryl methyl sites for hydroxylation is 1. The second-order valence-electron chi connectivity index (χ2n) is 6.88. The summed E-state index contributed by atoms with van der Waals surface area (Å²) in [5, 5.41) is 8.68. The number of hydrogen-bond donors (Lipinski definition) is 1. The van der Waals surface area contributed by atoms with Gasteiger partial charge in [-0.3, -0.25) is 4.79 Å². The van der Waals surface area contributed by atoms with Crippen molar-refractivity contribution < 1.29 is 19.0 Å². The van der Waals surface area contributed by atoms with Gasteiger partial charge in [-0.15, -0.1) is 11.8 Å². The Balaban J connectivity index is 1.76. The van der Waals surface area contributed by atoms with Crippen molar-refractivity contribution >= 4 is 17.7 Å². The molecule has 1 saturated carbocycles. The highest BCUT2D eigenvalue weighted by molar-refractivity contribution is 7.99. The van der Waals surface area contributed by atoms with E-state index in [2.05, 4.69) is 4.98 Å². The molecule has 0 aliphatic heterocycles. The molecule has 0 radical (unpaired) electrons. The smallest absolute Gasteiger partial charge is 0.303 e. The minimum Gasteiger partial charge on any atom is -0.481 e. The molecule has 6 heteroatoms. The molecule has 1 N–H and O–H groups in total. The van der Waals surface area contributed by atoms with Crippen molar-refractivity contribution in [3.63, 3.8) is 0 Å². The molecule has 3 rings (SSSR count). The molecule has 4 nitrogen and oxygen atoms in total. The first-order valence-corrected chi connectivity index (χ1v) is 10.3. The molecule has 144 valence electrons. The third kappa shape index (κ3) is 5.45. The lowest BCUT2D eigenvalue weighted by atomic mass is 10.1. The fourth-order valence-electron chi connectivity index (χ4n) is 3.21. The predicted octanol–water partition coefficient (Wildman–Crippen LogP) is 5.47. The van der Waals surface area contributed by atoms with Gasteiger partial charge in [0, 0.05) is 23.1 Å². The minimum atomic E-state index is -0.826. The second-order valence-corrected chi connectivity index (χ2v) is 8.02. The number of ether oxygens (including phenoxy) is 1. The Morgan fingerprint density at radius 3 is 2.81 bits per heavy atom. The number of nitrogens with zero attached hydrogens (tertiary/aromatic N) is 1. The lowest BCUT2D eigenvalue weighted by Crippen LogP contribution is -2.12. The van der Waals surface area contributed by atoms with Gasteiger partial charge in [-0.05, 0) is 74.1 Å². The zero-order chi connectivity index (χ0) is 19.2. The third-order valence-corrected chi connectivity index (χ3v) is 5.74. The van der Waals surface area contributed by atoms with Crippen molar-refractivity contribution in [2.75, 3.05) is 5.75 Å². The molecule has 1 aromatic carbocycles. The van der Waals surface area contributed by atoms with E-state index in [0.717, 1.165) is 29.5 Å². The summed E-state index contributed by atoms with van der Waals surface area (Å²) in [5.41, 5.74) is 2.55. The van der Waals surface area contributed by atoms with Crippen LogP contribution >= 0.6 is 11.8 Å². The average Bonchev–Trinajstić information content (AvgIpc) is 3.14. The van der Waals surface area contributed by atoms with Gasteiger partial charge >= 0.3 is 5.97 Å². The zero-order valence-electron chi connectivity index (χ0n) is 15.4. The molecule has 0 atom stereocenters. The van der Waals surface area contributed by atoms with E-state index in [1.807, 2.05) is 19.1 Å². The number of thioether (sulfide) groups is 1. The molecule has 1 aromatic heterocycles. The highest BCUT2D eigenvalue weighted by atomic mass is 32.2. The van der Waals surface area contributed by atoms with E-state index in [4.69, 9.17) is 9.84 Å². The third-order valence-electron chi connectivity index (χ3n) is 4.60. The van der Waals surface area contributed by atoms with E-state index in [9.17, 15) is 9.18 Å². The molecule has 0 amide bonds. The number of carbonyl (C=O) groups is 1. The number of halogens is 1. The Kier molecular flexibility index (Phi) is 6.72. The van der Waals surface area contributed by atoms with Crippen LogP contribution in [0.25, 0.3) is 11.1 Å². The first kappa shape index (κ1) is 19.7. The Morgan fingerprint density at radius 2 is 2.11 bits per heavy atom. The lowest BCUT2D eigenvalue weighted by Gasteiger charge is -2.16. The van der Waals surface area contributed by atoms with Gasteiger partial charge in [0.05, 0.1) is 0 Å². The van der Waals surface area contributed by atoms with Crippen LogP contribution in [0.2, 0.25) is 0 Å². The maximum atomic E-state index is 14.6. The van der Waals surface area contributed by atoms with Crippen molar-refractivity contribution in [3.05, 3.63) is 41.8 Å². The second kappa shape index (κ2) is 9.22. The molecule has 0 bridgehead atoms. The van der Waals surface area contributed by atoms with Crippen LogP contribution in [0.15, 0.2) is 35.4 Å².